The molecule has 5 nitrogen and oxygen atoms in total. The number of ether oxygens (including phenoxy) is 1. The molecule has 1 amide bonds. The number of hydrogen-bond donors (Lipinski definition) is 0. The van der Waals surface area contributed by atoms with E-state index in [9.17, 15) is 9.59 Å². The molecule has 3 unspecified atom stereocenters. The summed E-state index contributed by atoms with van der Waals surface area (Å²) in [7, 11) is 0. The van der Waals surface area contributed by atoms with Gasteiger partial charge in [0, 0.05) is 13.1 Å². The second-order valence-corrected chi connectivity index (χ2v) is 7.43. The zero-order valence-corrected chi connectivity index (χ0v) is 15.1. The zero-order chi connectivity index (χ0) is 17.0. The number of nitrogens with zero attached hydrogens (tertiary/aromatic N) is 2. The maximum atomic E-state index is 12.8. The van der Waals surface area contributed by atoms with Crippen molar-refractivity contribution in [3.63, 3.8) is 0 Å². The van der Waals surface area contributed by atoms with Gasteiger partial charge in [-0.05, 0) is 58.0 Å². The van der Waals surface area contributed by atoms with Crippen LogP contribution in [0.4, 0.5) is 0 Å². The van der Waals surface area contributed by atoms with E-state index < -0.39 is 0 Å². The van der Waals surface area contributed by atoms with Crippen molar-refractivity contribution in [2.45, 2.75) is 53.0 Å². The lowest BCUT2D eigenvalue weighted by atomic mass is 9.91. The van der Waals surface area contributed by atoms with Crippen LogP contribution in [-0.4, -0.2) is 60.5 Å². The summed E-state index contributed by atoms with van der Waals surface area (Å²) in [5.41, 5.74) is 0. The minimum absolute atomic E-state index is 0.00327. The summed E-state index contributed by atoms with van der Waals surface area (Å²) in [6, 6.07) is -0.0874. The third-order valence-electron chi connectivity index (χ3n) is 5.24. The normalized spacial score (nSPS) is 28.4. The fourth-order valence-corrected chi connectivity index (χ4v) is 4.05. The first-order valence-electron chi connectivity index (χ1n) is 9.11. The monoisotopic (exact) mass is 324 g/mol. The van der Waals surface area contributed by atoms with Gasteiger partial charge >= 0.3 is 5.97 Å². The highest BCUT2D eigenvalue weighted by molar-refractivity contribution is 5.81. The van der Waals surface area contributed by atoms with Gasteiger partial charge in [0.05, 0.1) is 18.6 Å². The predicted octanol–water partition coefficient (Wildman–Crippen LogP) is 2.15. The molecule has 0 N–H and O–H groups in total. The Morgan fingerprint density at radius 2 is 1.70 bits per heavy atom. The average Bonchev–Trinajstić information content (AvgIpc) is 2.53. The van der Waals surface area contributed by atoms with Gasteiger partial charge in [-0.3, -0.25) is 14.5 Å². The van der Waals surface area contributed by atoms with Crippen LogP contribution < -0.4 is 0 Å². The van der Waals surface area contributed by atoms with Crippen molar-refractivity contribution < 1.29 is 14.3 Å². The Balaban J connectivity index is 1.85. The summed E-state index contributed by atoms with van der Waals surface area (Å²) in [6.45, 7) is 12.1. The molecule has 0 radical (unpaired) electrons. The number of carbonyl (C=O) groups excluding carboxylic acids is 2. The summed E-state index contributed by atoms with van der Waals surface area (Å²) in [4.78, 5) is 28.9. The lowest BCUT2D eigenvalue weighted by Gasteiger charge is -2.40. The molecule has 3 atom stereocenters. The Morgan fingerprint density at radius 1 is 1.13 bits per heavy atom. The van der Waals surface area contributed by atoms with E-state index >= 15 is 0 Å². The molecule has 2 fully saturated rings. The van der Waals surface area contributed by atoms with Gasteiger partial charge in [-0.15, -0.1) is 0 Å². The van der Waals surface area contributed by atoms with Gasteiger partial charge in [-0.2, -0.15) is 0 Å². The third-order valence-corrected chi connectivity index (χ3v) is 5.24. The molecule has 0 aromatic rings. The summed E-state index contributed by atoms with van der Waals surface area (Å²) >= 11 is 0. The molecule has 2 aliphatic rings. The number of piperidine rings is 2. The number of hydrogen-bond acceptors (Lipinski definition) is 4. The Kier molecular flexibility index (Phi) is 6.45. The molecule has 0 aromatic heterocycles. The first-order chi connectivity index (χ1) is 10.9. The van der Waals surface area contributed by atoms with Crippen LogP contribution in [0.2, 0.25) is 0 Å². The zero-order valence-electron chi connectivity index (χ0n) is 15.1. The topological polar surface area (TPSA) is 49.9 Å². The van der Waals surface area contributed by atoms with Crippen molar-refractivity contribution in [3.8, 4) is 0 Å². The van der Waals surface area contributed by atoms with Crippen LogP contribution in [0.15, 0.2) is 0 Å². The molecule has 0 saturated carbocycles. The molecule has 132 valence electrons. The fraction of sp³-hybridized carbons (Fsp3) is 0.889. The SMILES string of the molecule is CCOC(=O)C1CCN(C(C)C(=O)N2CC(C)CC(C)C2)CC1. The van der Waals surface area contributed by atoms with Crippen molar-refractivity contribution in [1.29, 1.82) is 0 Å². The van der Waals surface area contributed by atoms with Crippen molar-refractivity contribution in [2.24, 2.45) is 17.8 Å². The molecule has 0 spiro atoms. The summed E-state index contributed by atoms with van der Waals surface area (Å²) in [5.74, 6) is 1.35. The Bertz CT molecular complexity index is 408. The van der Waals surface area contributed by atoms with Crippen molar-refractivity contribution in [1.82, 2.24) is 9.80 Å². The molecule has 2 heterocycles. The van der Waals surface area contributed by atoms with Crippen LogP contribution in [0.1, 0.15) is 47.0 Å². The maximum absolute atomic E-state index is 12.8. The number of esters is 1. The van der Waals surface area contributed by atoms with Crippen LogP contribution in [-0.2, 0) is 14.3 Å². The van der Waals surface area contributed by atoms with Gasteiger partial charge in [0.2, 0.25) is 5.91 Å². The highest BCUT2D eigenvalue weighted by Gasteiger charge is 2.34. The van der Waals surface area contributed by atoms with Crippen LogP contribution in [0.3, 0.4) is 0 Å². The number of carbonyl (C=O) groups is 2. The summed E-state index contributed by atoms with van der Waals surface area (Å²) in [6.07, 6.45) is 2.80. The highest BCUT2D eigenvalue weighted by Crippen LogP contribution is 2.24. The number of amides is 1. The Labute approximate surface area is 140 Å². The van der Waals surface area contributed by atoms with Crippen molar-refractivity contribution >= 4 is 11.9 Å². The summed E-state index contributed by atoms with van der Waals surface area (Å²) < 4.78 is 5.11. The maximum Gasteiger partial charge on any atom is 0.309 e. The third kappa shape index (κ3) is 4.69. The fourth-order valence-electron chi connectivity index (χ4n) is 4.05. The first-order valence-corrected chi connectivity index (χ1v) is 9.11. The van der Waals surface area contributed by atoms with E-state index in [1.807, 2.05) is 18.7 Å². The van der Waals surface area contributed by atoms with E-state index in [1.54, 1.807) is 0 Å². The molecule has 0 aliphatic carbocycles. The minimum Gasteiger partial charge on any atom is -0.466 e. The van der Waals surface area contributed by atoms with E-state index in [-0.39, 0.29) is 23.8 Å². The Morgan fingerprint density at radius 3 is 2.22 bits per heavy atom. The van der Waals surface area contributed by atoms with Gasteiger partial charge in [-0.25, -0.2) is 0 Å². The molecular formula is C18H32N2O3. The quantitative estimate of drug-likeness (QED) is 0.744. The molecule has 5 heteroatoms. The number of likely N-dealkylation sites (tertiary alicyclic amines) is 2. The van der Waals surface area contributed by atoms with E-state index in [0.717, 1.165) is 39.0 Å². The van der Waals surface area contributed by atoms with Crippen molar-refractivity contribution in [3.05, 3.63) is 0 Å². The predicted molar refractivity (Wildman–Crippen MR) is 89.9 cm³/mol. The molecule has 2 saturated heterocycles. The van der Waals surface area contributed by atoms with E-state index in [4.69, 9.17) is 4.74 Å². The first kappa shape index (κ1) is 18.2. The summed E-state index contributed by atoms with van der Waals surface area (Å²) in [5, 5.41) is 0. The second-order valence-electron chi connectivity index (χ2n) is 7.43. The van der Waals surface area contributed by atoms with E-state index in [2.05, 4.69) is 18.7 Å². The van der Waals surface area contributed by atoms with Gasteiger partial charge in [-0.1, -0.05) is 13.8 Å². The van der Waals surface area contributed by atoms with Gasteiger partial charge < -0.3 is 9.64 Å². The van der Waals surface area contributed by atoms with E-state index in [0.29, 0.717) is 18.4 Å². The van der Waals surface area contributed by atoms with Gasteiger partial charge in [0.1, 0.15) is 0 Å². The molecule has 0 bridgehead atoms. The lowest BCUT2D eigenvalue weighted by molar-refractivity contribution is -0.150. The lowest BCUT2D eigenvalue weighted by Crippen LogP contribution is -2.53. The molecular weight excluding hydrogens is 292 g/mol. The minimum atomic E-state index is -0.0874. The van der Waals surface area contributed by atoms with Crippen LogP contribution in [0.5, 0.6) is 0 Å². The van der Waals surface area contributed by atoms with Gasteiger partial charge in [0.25, 0.3) is 0 Å². The Hall–Kier alpha value is -1.10. The van der Waals surface area contributed by atoms with E-state index in [1.165, 1.54) is 6.42 Å². The molecule has 0 aromatic carbocycles. The van der Waals surface area contributed by atoms with Gasteiger partial charge in [0.15, 0.2) is 0 Å². The standard InChI is InChI=1S/C18H32N2O3/c1-5-23-18(22)16-6-8-19(9-7-16)15(4)17(21)20-11-13(2)10-14(3)12-20/h13-16H,5-12H2,1-4H3. The largest absolute Gasteiger partial charge is 0.466 e. The van der Waals surface area contributed by atoms with Crippen LogP contribution in [0, 0.1) is 17.8 Å². The second kappa shape index (κ2) is 8.13. The average molecular weight is 324 g/mol. The number of rotatable bonds is 4. The van der Waals surface area contributed by atoms with Crippen LogP contribution >= 0.6 is 0 Å². The van der Waals surface area contributed by atoms with Crippen molar-refractivity contribution in [2.75, 3.05) is 32.8 Å². The smallest absolute Gasteiger partial charge is 0.309 e. The highest BCUT2D eigenvalue weighted by atomic mass is 16.5. The molecule has 2 rings (SSSR count). The molecule has 2 aliphatic heterocycles. The van der Waals surface area contributed by atoms with Crippen LogP contribution in [0.25, 0.3) is 0 Å². The molecule has 23 heavy (non-hydrogen) atoms.